The molecule has 0 amide bonds. The van der Waals surface area contributed by atoms with E-state index in [0.717, 1.165) is 33.9 Å². The van der Waals surface area contributed by atoms with Gasteiger partial charge in [0.05, 0.1) is 22.6 Å². The molecular formula is C25H27BN2O2. The number of imidazole rings is 1. The van der Waals surface area contributed by atoms with Crippen molar-refractivity contribution in [2.24, 2.45) is 0 Å². The summed E-state index contributed by atoms with van der Waals surface area (Å²) in [6.45, 7) is 16.1. The van der Waals surface area contributed by atoms with Crippen LogP contribution < -0.4 is 5.46 Å². The van der Waals surface area contributed by atoms with Crippen LogP contribution in [-0.4, -0.2) is 27.9 Å². The van der Waals surface area contributed by atoms with Gasteiger partial charge >= 0.3 is 7.12 Å². The van der Waals surface area contributed by atoms with Crippen LogP contribution in [0, 0.1) is 0 Å². The topological polar surface area (TPSA) is 36.3 Å². The number of para-hydroxylation sites is 1. The largest absolute Gasteiger partial charge is 0.494 e. The summed E-state index contributed by atoms with van der Waals surface area (Å²) in [6.07, 6.45) is 3.58. The van der Waals surface area contributed by atoms with Crippen molar-refractivity contribution in [3.63, 3.8) is 0 Å². The van der Waals surface area contributed by atoms with Crippen molar-refractivity contribution in [1.29, 1.82) is 0 Å². The number of hydrogen-bond acceptors (Lipinski definition) is 3. The highest BCUT2D eigenvalue weighted by atomic mass is 16.7. The second-order valence-electron chi connectivity index (χ2n) is 8.50. The highest BCUT2D eigenvalue weighted by Gasteiger charge is 2.51. The summed E-state index contributed by atoms with van der Waals surface area (Å²) >= 11 is 0. The van der Waals surface area contributed by atoms with Crippen molar-refractivity contribution in [3.8, 4) is 17.1 Å². The third kappa shape index (κ3) is 3.34. The summed E-state index contributed by atoms with van der Waals surface area (Å²) in [6, 6.07) is 18.4. The number of rotatable bonds is 5. The van der Waals surface area contributed by atoms with E-state index in [9.17, 15) is 0 Å². The Morgan fingerprint density at radius 3 is 2.00 bits per heavy atom. The molecule has 0 spiro atoms. The highest BCUT2D eigenvalue weighted by Crippen LogP contribution is 2.36. The van der Waals surface area contributed by atoms with Crippen LogP contribution in [0.3, 0.4) is 0 Å². The molecule has 152 valence electrons. The highest BCUT2D eigenvalue weighted by molar-refractivity contribution is 6.62. The van der Waals surface area contributed by atoms with Gasteiger partial charge in [0.15, 0.2) is 0 Å². The van der Waals surface area contributed by atoms with Crippen molar-refractivity contribution < 1.29 is 9.31 Å². The SMILES string of the molecule is C=Cc1nc(-c2ccc(B3OC(C)(C)C(C)(C)O3)cc2)n(-c2ccccc2)c1C=C. The summed E-state index contributed by atoms with van der Waals surface area (Å²) in [7, 11) is -0.384. The Morgan fingerprint density at radius 2 is 1.47 bits per heavy atom. The molecule has 1 aliphatic rings. The van der Waals surface area contributed by atoms with Gasteiger partial charge in [-0.05, 0) is 57.4 Å². The summed E-state index contributed by atoms with van der Waals surface area (Å²) in [5, 5.41) is 0. The second-order valence-corrected chi connectivity index (χ2v) is 8.50. The molecule has 4 rings (SSSR count). The molecule has 2 heterocycles. The second kappa shape index (κ2) is 7.42. The van der Waals surface area contributed by atoms with Gasteiger partial charge in [-0.15, -0.1) is 0 Å². The molecule has 3 aromatic rings. The average molecular weight is 398 g/mol. The molecule has 0 atom stereocenters. The third-order valence-corrected chi connectivity index (χ3v) is 6.04. The van der Waals surface area contributed by atoms with Crippen molar-refractivity contribution >= 4 is 24.7 Å². The van der Waals surface area contributed by atoms with Gasteiger partial charge in [-0.25, -0.2) is 4.98 Å². The van der Waals surface area contributed by atoms with Gasteiger partial charge in [0.25, 0.3) is 0 Å². The maximum Gasteiger partial charge on any atom is 0.494 e. The lowest BCUT2D eigenvalue weighted by Crippen LogP contribution is -2.41. The van der Waals surface area contributed by atoms with Crippen LogP contribution in [0.15, 0.2) is 67.8 Å². The van der Waals surface area contributed by atoms with Crippen LogP contribution in [0.4, 0.5) is 0 Å². The van der Waals surface area contributed by atoms with E-state index in [1.807, 2.05) is 36.4 Å². The van der Waals surface area contributed by atoms with E-state index in [1.54, 1.807) is 6.08 Å². The monoisotopic (exact) mass is 398 g/mol. The van der Waals surface area contributed by atoms with Gasteiger partial charge < -0.3 is 9.31 Å². The maximum atomic E-state index is 6.18. The summed E-state index contributed by atoms with van der Waals surface area (Å²) in [5.74, 6) is 0.839. The summed E-state index contributed by atoms with van der Waals surface area (Å²) in [5.41, 5.74) is 4.01. The van der Waals surface area contributed by atoms with Crippen LogP contribution in [0.2, 0.25) is 0 Å². The first-order valence-electron chi connectivity index (χ1n) is 10.2. The van der Waals surface area contributed by atoms with E-state index in [0.29, 0.717) is 0 Å². The van der Waals surface area contributed by atoms with Crippen LogP contribution in [-0.2, 0) is 9.31 Å². The molecule has 30 heavy (non-hydrogen) atoms. The zero-order chi connectivity index (χ0) is 21.5. The number of aromatic nitrogens is 2. The van der Waals surface area contributed by atoms with Gasteiger partial charge in [-0.3, -0.25) is 4.57 Å². The smallest absolute Gasteiger partial charge is 0.399 e. The van der Waals surface area contributed by atoms with Crippen LogP contribution in [0.25, 0.3) is 29.2 Å². The van der Waals surface area contributed by atoms with E-state index in [2.05, 4.69) is 69.7 Å². The van der Waals surface area contributed by atoms with Gasteiger partial charge in [0, 0.05) is 11.3 Å². The molecule has 5 heteroatoms. The Morgan fingerprint density at radius 1 is 0.867 bits per heavy atom. The average Bonchev–Trinajstić information content (AvgIpc) is 3.22. The van der Waals surface area contributed by atoms with E-state index in [1.165, 1.54) is 0 Å². The minimum absolute atomic E-state index is 0.363. The Balaban J connectivity index is 1.75. The van der Waals surface area contributed by atoms with E-state index < -0.39 is 0 Å². The normalized spacial score (nSPS) is 17.1. The first-order valence-corrected chi connectivity index (χ1v) is 10.2. The van der Waals surface area contributed by atoms with Crippen molar-refractivity contribution in [2.75, 3.05) is 0 Å². The van der Waals surface area contributed by atoms with Crippen molar-refractivity contribution in [2.45, 2.75) is 38.9 Å². The first-order chi connectivity index (χ1) is 14.3. The molecule has 4 nitrogen and oxygen atoms in total. The predicted octanol–water partition coefficient (Wildman–Crippen LogP) is 5.12. The predicted molar refractivity (Wildman–Crippen MR) is 125 cm³/mol. The van der Waals surface area contributed by atoms with Crippen LogP contribution >= 0.6 is 0 Å². The minimum Gasteiger partial charge on any atom is -0.399 e. The van der Waals surface area contributed by atoms with E-state index >= 15 is 0 Å². The Bertz CT molecular complexity index is 1070. The number of hydrogen-bond donors (Lipinski definition) is 0. The summed E-state index contributed by atoms with van der Waals surface area (Å²) < 4.78 is 14.5. The molecule has 0 saturated carbocycles. The quantitative estimate of drug-likeness (QED) is 0.560. The lowest BCUT2D eigenvalue weighted by molar-refractivity contribution is 0.00578. The molecule has 2 aromatic carbocycles. The molecule has 0 unspecified atom stereocenters. The lowest BCUT2D eigenvalue weighted by atomic mass is 9.79. The Hall–Kier alpha value is -2.89. The minimum atomic E-state index is -0.384. The molecule has 1 saturated heterocycles. The Kier molecular flexibility index (Phi) is 5.04. The third-order valence-electron chi connectivity index (χ3n) is 6.04. The van der Waals surface area contributed by atoms with Crippen LogP contribution in [0.5, 0.6) is 0 Å². The maximum absolute atomic E-state index is 6.18. The fourth-order valence-electron chi connectivity index (χ4n) is 3.60. The van der Waals surface area contributed by atoms with Gasteiger partial charge in [0.2, 0.25) is 0 Å². The molecule has 1 aliphatic heterocycles. The molecule has 1 fully saturated rings. The molecule has 0 N–H and O–H groups in total. The zero-order valence-electron chi connectivity index (χ0n) is 18.1. The lowest BCUT2D eigenvalue weighted by Gasteiger charge is -2.32. The van der Waals surface area contributed by atoms with Crippen LogP contribution in [0.1, 0.15) is 39.1 Å². The Labute approximate surface area is 179 Å². The molecule has 0 radical (unpaired) electrons. The van der Waals surface area contributed by atoms with Gasteiger partial charge in [-0.1, -0.05) is 55.6 Å². The molecule has 0 aliphatic carbocycles. The standard InChI is InChI=1S/C25H27BN2O2/c1-7-21-22(8-2)28(20-12-10-9-11-13-20)23(27-21)18-14-16-19(17-15-18)26-29-24(3,4)25(5,6)30-26/h7-17H,1-2H2,3-6H3. The fourth-order valence-corrected chi connectivity index (χ4v) is 3.60. The number of benzene rings is 2. The fraction of sp³-hybridized carbons (Fsp3) is 0.240. The molecule has 0 bridgehead atoms. The summed E-state index contributed by atoms with van der Waals surface area (Å²) in [4.78, 5) is 4.83. The van der Waals surface area contributed by atoms with E-state index in [-0.39, 0.29) is 18.3 Å². The van der Waals surface area contributed by atoms with Crippen molar-refractivity contribution in [3.05, 3.63) is 79.1 Å². The molecular weight excluding hydrogens is 371 g/mol. The first kappa shape index (κ1) is 20.4. The van der Waals surface area contributed by atoms with Gasteiger partial charge in [0.1, 0.15) is 5.82 Å². The van der Waals surface area contributed by atoms with Gasteiger partial charge in [-0.2, -0.15) is 0 Å². The zero-order valence-corrected chi connectivity index (χ0v) is 18.1. The molecule has 1 aromatic heterocycles. The number of nitrogens with zero attached hydrogens (tertiary/aromatic N) is 2. The van der Waals surface area contributed by atoms with Crippen molar-refractivity contribution in [1.82, 2.24) is 9.55 Å². The van der Waals surface area contributed by atoms with E-state index in [4.69, 9.17) is 14.3 Å².